The lowest BCUT2D eigenvalue weighted by atomic mass is 10.1. The lowest BCUT2D eigenvalue weighted by Crippen LogP contribution is -2.36. The molecule has 1 fully saturated rings. The quantitative estimate of drug-likeness (QED) is 0.453. The van der Waals surface area contributed by atoms with Crippen LogP contribution in [0.15, 0.2) is 65.8 Å². The molecule has 0 atom stereocenters. The second-order valence-corrected chi connectivity index (χ2v) is 8.67. The molecule has 6 rings (SSSR count). The number of anilines is 1. The molecule has 35 heavy (non-hydrogen) atoms. The van der Waals surface area contributed by atoms with Gasteiger partial charge in [0.1, 0.15) is 11.6 Å². The van der Waals surface area contributed by atoms with Crippen molar-refractivity contribution in [3.63, 3.8) is 0 Å². The lowest BCUT2D eigenvalue weighted by molar-refractivity contribution is 0.122. The topological polar surface area (TPSA) is 87.3 Å². The van der Waals surface area contributed by atoms with Crippen LogP contribution >= 0.6 is 0 Å². The maximum atomic E-state index is 12.9. The van der Waals surface area contributed by atoms with E-state index in [4.69, 9.17) is 14.6 Å². The Labute approximate surface area is 202 Å². The number of ether oxygens (including phenoxy) is 2. The van der Waals surface area contributed by atoms with Crippen LogP contribution in [0.5, 0.6) is 5.75 Å². The Bertz CT molecular complexity index is 1410. The standard InChI is InChI=1S/C26H26N6O3/c33-23-8-11-31(20-6-9-27-25(18-20)30-12-15-34-16-13-30)29-26(23)22-7-10-28-32(22)21-4-5-24-19(17-21)3-1-2-14-35-24/h4-11,17-18H,1-3,12-16H2. The molecule has 0 aliphatic carbocycles. The Balaban J connectivity index is 1.37. The van der Waals surface area contributed by atoms with Gasteiger partial charge in [0.25, 0.3) is 0 Å². The van der Waals surface area contributed by atoms with Gasteiger partial charge in [-0.1, -0.05) is 0 Å². The molecule has 1 saturated heterocycles. The summed E-state index contributed by atoms with van der Waals surface area (Å²) in [6, 6.07) is 13.3. The first-order chi connectivity index (χ1) is 17.3. The molecular weight excluding hydrogens is 444 g/mol. The lowest BCUT2D eigenvalue weighted by Gasteiger charge is -2.28. The minimum absolute atomic E-state index is 0.163. The number of rotatable bonds is 4. The fourth-order valence-corrected chi connectivity index (χ4v) is 4.57. The smallest absolute Gasteiger partial charge is 0.209 e. The summed E-state index contributed by atoms with van der Waals surface area (Å²) in [6.07, 6.45) is 8.24. The molecule has 0 bridgehead atoms. The van der Waals surface area contributed by atoms with E-state index in [1.807, 2.05) is 30.3 Å². The third-order valence-electron chi connectivity index (χ3n) is 6.41. The molecule has 0 saturated carbocycles. The second kappa shape index (κ2) is 9.34. The molecule has 2 aliphatic heterocycles. The maximum absolute atomic E-state index is 12.9. The summed E-state index contributed by atoms with van der Waals surface area (Å²) in [5.74, 6) is 1.79. The number of hydrogen-bond acceptors (Lipinski definition) is 7. The summed E-state index contributed by atoms with van der Waals surface area (Å²) in [4.78, 5) is 19.6. The van der Waals surface area contributed by atoms with Crippen LogP contribution in [0.3, 0.4) is 0 Å². The number of nitrogens with zero attached hydrogens (tertiary/aromatic N) is 6. The largest absolute Gasteiger partial charge is 0.493 e. The number of pyridine rings is 1. The van der Waals surface area contributed by atoms with Gasteiger partial charge in [-0.15, -0.1) is 0 Å². The van der Waals surface area contributed by atoms with E-state index in [0.29, 0.717) is 24.6 Å². The zero-order chi connectivity index (χ0) is 23.6. The number of aromatic nitrogens is 5. The highest BCUT2D eigenvalue weighted by Crippen LogP contribution is 2.28. The monoisotopic (exact) mass is 470 g/mol. The van der Waals surface area contributed by atoms with Crippen molar-refractivity contribution in [1.82, 2.24) is 24.5 Å². The van der Waals surface area contributed by atoms with Crippen molar-refractivity contribution >= 4 is 5.82 Å². The SMILES string of the molecule is O=c1ccn(-c2ccnc(N3CCOCC3)c2)nc1-c1ccnn1-c1ccc2c(c1)CCCCO2. The second-order valence-electron chi connectivity index (χ2n) is 8.67. The Hall–Kier alpha value is -3.98. The van der Waals surface area contributed by atoms with Gasteiger partial charge in [0.2, 0.25) is 5.43 Å². The van der Waals surface area contributed by atoms with Crippen molar-refractivity contribution < 1.29 is 9.47 Å². The highest BCUT2D eigenvalue weighted by atomic mass is 16.5. The van der Waals surface area contributed by atoms with Gasteiger partial charge >= 0.3 is 0 Å². The zero-order valence-electron chi connectivity index (χ0n) is 19.3. The molecule has 0 unspecified atom stereocenters. The number of benzene rings is 1. The summed E-state index contributed by atoms with van der Waals surface area (Å²) < 4.78 is 14.8. The van der Waals surface area contributed by atoms with Gasteiger partial charge < -0.3 is 14.4 Å². The van der Waals surface area contributed by atoms with Crippen LogP contribution in [-0.2, 0) is 11.2 Å². The van der Waals surface area contributed by atoms with Gasteiger partial charge in [0, 0.05) is 37.6 Å². The molecule has 9 heteroatoms. The van der Waals surface area contributed by atoms with Gasteiger partial charge in [-0.2, -0.15) is 10.2 Å². The Kier molecular flexibility index (Phi) is 5.75. The van der Waals surface area contributed by atoms with Crippen molar-refractivity contribution in [2.24, 2.45) is 0 Å². The van der Waals surface area contributed by atoms with Crippen LogP contribution in [0.4, 0.5) is 5.82 Å². The van der Waals surface area contributed by atoms with Crippen molar-refractivity contribution in [3.05, 3.63) is 76.8 Å². The van der Waals surface area contributed by atoms with E-state index in [-0.39, 0.29) is 5.43 Å². The summed E-state index contributed by atoms with van der Waals surface area (Å²) >= 11 is 0. The van der Waals surface area contributed by atoms with Gasteiger partial charge in [-0.3, -0.25) is 4.79 Å². The van der Waals surface area contributed by atoms with Crippen molar-refractivity contribution in [2.75, 3.05) is 37.8 Å². The van der Waals surface area contributed by atoms with Gasteiger partial charge in [0.05, 0.1) is 43.1 Å². The fourth-order valence-electron chi connectivity index (χ4n) is 4.57. The van der Waals surface area contributed by atoms with E-state index in [1.165, 1.54) is 0 Å². The molecule has 4 aromatic rings. The Morgan fingerprint density at radius 2 is 1.80 bits per heavy atom. The van der Waals surface area contributed by atoms with E-state index in [9.17, 15) is 4.79 Å². The first kappa shape index (κ1) is 21.5. The van der Waals surface area contributed by atoms with Crippen LogP contribution in [-0.4, -0.2) is 57.5 Å². The first-order valence-electron chi connectivity index (χ1n) is 12.0. The zero-order valence-corrected chi connectivity index (χ0v) is 19.3. The van der Waals surface area contributed by atoms with Crippen LogP contribution in [0.1, 0.15) is 18.4 Å². The van der Waals surface area contributed by atoms with Crippen LogP contribution in [0.25, 0.3) is 22.8 Å². The van der Waals surface area contributed by atoms with E-state index < -0.39 is 0 Å². The highest BCUT2D eigenvalue weighted by Gasteiger charge is 2.17. The van der Waals surface area contributed by atoms with Crippen molar-refractivity contribution in [2.45, 2.75) is 19.3 Å². The molecule has 1 aromatic carbocycles. The van der Waals surface area contributed by atoms with Gasteiger partial charge in [0.15, 0.2) is 5.69 Å². The first-order valence-corrected chi connectivity index (χ1v) is 12.0. The van der Waals surface area contributed by atoms with E-state index >= 15 is 0 Å². The molecule has 5 heterocycles. The number of aryl methyl sites for hydroxylation is 1. The maximum Gasteiger partial charge on any atom is 0.209 e. The summed E-state index contributed by atoms with van der Waals surface area (Å²) in [6.45, 7) is 3.71. The number of morpholine rings is 1. The molecule has 0 spiro atoms. The molecule has 2 aliphatic rings. The molecule has 3 aromatic heterocycles. The molecule has 0 amide bonds. The summed E-state index contributed by atoms with van der Waals surface area (Å²) in [5.41, 5.74) is 3.68. The van der Waals surface area contributed by atoms with Crippen molar-refractivity contribution in [3.8, 4) is 28.5 Å². The van der Waals surface area contributed by atoms with Gasteiger partial charge in [-0.25, -0.2) is 14.3 Å². The third kappa shape index (κ3) is 4.30. The van der Waals surface area contributed by atoms with Crippen LogP contribution in [0, 0.1) is 0 Å². The molecule has 178 valence electrons. The Morgan fingerprint density at radius 3 is 2.71 bits per heavy atom. The van der Waals surface area contributed by atoms with E-state index in [2.05, 4.69) is 21.0 Å². The predicted octanol–water partition coefficient (Wildman–Crippen LogP) is 3.03. The fraction of sp³-hybridized carbons (Fsp3) is 0.308. The van der Waals surface area contributed by atoms with Crippen LogP contribution in [0.2, 0.25) is 0 Å². The molecule has 9 nitrogen and oxygen atoms in total. The Morgan fingerprint density at radius 1 is 0.886 bits per heavy atom. The third-order valence-corrected chi connectivity index (χ3v) is 6.41. The molecule has 0 radical (unpaired) electrons. The summed E-state index contributed by atoms with van der Waals surface area (Å²) in [7, 11) is 0. The molecule has 0 N–H and O–H groups in total. The highest BCUT2D eigenvalue weighted by molar-refractivity contribution is 5.58. The van der Waals surface area contributed by atoms with E-state index in [1.54, 1.807) is 34.0 Å². The minimum Gasteiger partial charge on any atom is -0.493 e. The minimum atomic E-state index is -0.163. The average Bonchev–Trinajstić information content (AvgIpc) is 3.27. The molecular formula is C26H26N6O3. The predicted molar refractivity (Wildman–Crippen MR) is 132 cm³/mol. The summed E-state index contributed by atoms with van der Waals surface area (Å²) in [5, 5.41) is 9.22. The van der Waals surface area contributed by atoms with Crippen LogP contribution < -0.4 is 15.1 Å². The normalized spacial score (nSPS) is 15.8. The van der Waals surface area contributed by atoms with Gasteiger partial charge in [-0.05, 0) is 55.2 Å². The number of fused-ring (bicyclic) bond motifs is 1. The average molecular weight is 471 g/mol. The van der Waals surface area contributed by atoms with E-state index in [0.717, 1.165) is 67.5 Å². The number of hydrogen-bond donors (Lipinski definition) is 0. The van der Waals surface area contributed by atoms with Crippen molar-refractivity contribution in [1.29, 1.82) is 0 Å².